The molecule has 0 aliphatic carbocycles. The number of aryl methyl sites for hydroxylation is 1. The smallest absolute Gasteiger partial charge is 0.147 e. The summed E-state index contributed by atoms with van der Waals surface area (Å²) in [5, 5.41) is 6.38. The summed E-state index contributed by atoms with van der Waals surface area (Å²) in [5.41, 5.74) is 1.04. The molecule has 1 heterocycles. The van der Waals surface area contributed by atoms with E-state index in [-0.39, 0.29) is 5.75 Å². The molecule has 1 aromatic heterocycles. The van der Waals surface area contributed by atoms with Crippen molar-refractivity contribution in [3.8, 4) is 0 Å². The van der Waals surface area contributed by atoms with Gasteiger partial charge in [-0.15, -0.1) is 11.3 Å². The lowest BCUT2D eigenvalue weighted by atomic mass is 10.4. The van der Waals surface area contributed by atoms with Crippen molar-refractivity contribution in [1.82, 2.24) is 10.3 Å². The first-order valence-corrected chi connectivity index (χ1v) is 8.27. The summed E-state index contributed by atoms with van der Waals surface area (Å²) in [6.45, 7) is 3.52. The maximum Gasteiger partial charge on any atom is 0.147 e. The van der Waals surface area contributed by atoms with Crippen molar-refractivity contribution < 1.29 is 8.42 Å². The van der Waals surface area contributed by atoms with Gasteiger partial charge in [-0.25, -0.2) is 13.4 Å². The van der Waals surface area contributed by atoms with E-state index in [2.05, 4.69) is 17.2 Å². The van der Waals surface area contributed by atoms with E-state index in [0.717, 1.165) is 23.7 Å². The minimum atomic E-state index is -2.82. The molecular formula is C10H18N2O2S2. The van der Waals surface area contributed by atoms with Crippen molar-refractivity contribution >= 4 is 21.2 Å². The minimum Gasteiger partial charge on any atom is -0.311 e. The molecular weight excluding hydrogens is 244 g/mol. The zero-order valence-electron chi connectivity index (χ0n) is 9.69. The maximum absolute atomic E-state index is 10.9. The first kappa shape index (κ1) is 13.6. The third kappa shape index (κ3) is 5.58. The molecule has 1 N–H and O–H groups in total. The number of nitrogens with one attached hydrogen (secondary N) is 1. The van der Waals surface area contributed by atoms with E-state index < -0.39 is 9.84 Å². The van der Waals surface area contributed by atoms with Gasteiger partial charge < -0.3 is 5.32 Å². The fourth-order valence-electron chi connectivity index (χ4n) is 1.27. The van der Waals surface area contributed by atoms with Crippen LogP contribution in [0.4, 0.5) is 0 Å². The standard InChI is InChI=1S/C10H18N2O2S2/c1-3-10-12-9(8-15-10)7-11-5-4-6-16(2,13)14/h8,11H,3-7H2,1-2H3. The molecule has 0 bridgehead atoms. The number of rotatable bonds is 7. The first-order chi connectivity index (χ1) is 7.51. The summed E-state index contributed by atoms with van der Waals surface area (Å²) < 4.78 is 21.7. The topological polar surface area (TPSA) is 59.1 Å². The lowest BCUT2D eigenvalue weighted by Gasteiger charge is -2.01. The van der Waals surface area contributed by atoms with E-state index in [1.165, 1.54) is 6.26 Å². The van der Waals surface area contributed by atoms with Gasteiger partial charge in [0.1, 0.15) is 9.84 Å². The predicted molar refractivity (Wildman–Crippen MR) is 67.5 cm³/mol. The fraction of sp³-hybridized carbons (Fsp3) is 0.700. The van der Waals surface area contributed by atoms with Crippen LogP contribution in [0.3, 0.4) is 0 Å². The van der Waals surface area contributed by atoms with Crippen LogP contribution >= 0.6 is 11.3 Å². The van der Waals surface area contributed by atoms with Crippen LogP contribution in [-0.4, -0.2) is 32.0 Å². The zero-order valence-corrected chi connectivity index (χ0v) is 11.3. The van der Waals surface area contributed by atoms with Gasteiger partial charge in [0.2, 0.25) is 0 Å². The van der Waals surface area contributed by atoms with Crippen LogP contribution < -0.4 is 5.32 Å². The van der Waals surface area contributed by atoms with E-state index in [0.29, 0.717) is 13.0 Å². The van der Waals surface area contributed by atoms with Crippen molar-refractivity contribution in [2.45, 2.75) is 26.3 Å². The molecule has 16 heavy (non-hydrogen) atoms. The number of hydrogen-bond acceptors (Lipinski definition) is 5. The Morgan fingerprint density at radius 2 is 2.25 bits per heavy atom. The molecule has 92 valence electrons. The molecule has 1 rings (SSSR count). The van der Waals surface area contributed by atoms with Gasteiger partial charge in [-0.1, -0.05) is 6.92 Å². The molecule has 0 amide bonds. The predicted octanol–water partition coefficient (Wildman–Crippen LogP) is 1.23. The highest BCUT2D eigenvalue weighted by molar-refractivity contribution is 7.90. The van der Waals surface area contributed by atoms with Crippen molar-refractivity contribution in [3.63, 3.8) is 0 Å². The Hall–Kier alpha value is -0.460. The molecule has 0 saturated heterocycles. The Morgan fingerprint density at radius 1 is 1.50 bits per heavy atom. The minimum absolute atomic E-state index is 0.247. The molecule has 0 atom stereocenters. The molecule has 0 fully saturated rings. The van der Waals surface area contributed by atoms with Crippen LogP contribution in [0.1, 0.15) is 24.0 Å². The maximum atomic E-state index is 10.9. The first-order valence-electron chi connectivity index (χ1n) is 5.33. The molecule has 0 saturated carbocycles. The van der Waals surface area contributed by atoms with Gasteiger partial charge in [-0.3, -0.25) is 0 Å². The van der Waals surface area contributed by atoms with Gasteiger partial charge >= 0.3 is 0 Å². The third-order valence-electron chi connectivity index (χ3n) is 2.08. The monoisotopic (exact) mass is 262 g/mol. The van der Waals surface area contributed by atoms with E-state index in [1.54, 1.807) is 11.3 Å². The van der Waals surface area contributed by atoms with Crippen molar-refractivity contribution in [2.24, 2.45) is 0 Å². The van der Waals surface area contributed by atoms with Gasteiger partial charge in [-0.2, -0.15) is 0 Å². The average Bonchev–Trinajstić information content (AvgIpc) is 2.63. The molecule has 4 nitrogen and oxygen atoms in total. The summed E-state index contributed by atoms with van der Waals surface area (Å²) >= 11 is 1.67. The number of sulfone groups is 1. The van der Waals surface area contributed by atoms with Crippen molar-refractivity contribution in [1.29, 1.82) is 0 Å². The fourth-order valence-corrected chi connectivity index (χ4v) is 2.68. The number of nitrogens with zero attached hydrogens (tertiary/aromatic N) is 1. The van der Waals surface area contributed by atoms with Crippen LogP contribution in [0.15, 0.2) is 5.38 Å². The average molecular weight is 262 g/mol. The SMILES string of the molecule is CCc1nc(CNCCCS(C)(=O)=O)cs1. The molecule has 0 unspecified atom stereocenters. The second-order valence-electron chi connectivity index (χ2n) is 3.75. The largest absolute Gasteiger partial charge is 0.311 e. The van der Waals surface area contributed by atoms with E-state index >= 15 is 0 Å². The highest BCUT2D eigenvalue weighted by atomic mass is 32.2. The molecule has 0 aromatic carbocycles. The zero-order chi connectivity index (χ0) is 12.0. The number of hydrogen-bond donors (Lipinski definition) is 1. The number of aromatic nitrogens is 1. The Morgan fingerprint density at radius 3 is 2.81 bits per heavy atom. The van der Waals surface area contributed by atoms with E-state index in [4.69, 9.17) is 0 Å². The van der Waals surface area contributed by atoms with Crippen LogP contribution in [0, 0.1) is 0 Å². The molecule has 1 aromatic rings. The van der Waals surface area contributed by atoms with E-state index in [9.17, 15) is 8.42 Å². The quantitative estimate of drug-likeness (QED) is 0.751. The second-order valence-corrected chi connectivity index (χ2v) is 6.95. The highest BCUT2D eigenvalue weighted by Gasteiger charge is 2.02. The van der Waals surface area contributed by atoms with Crippen LogP contribution in [0.25, 0.3) is 0 Å². The summed E-state index contributed by atoms with van der Waals surface area (Å²) in [6, 6.07) is 0. The Kier molecular flexibility index (Phi) is 5.37. The number of thiazole rings is 1. The van der Waals surface area contributed by atoms with Gasteiger partial charge in [0, 0.05) is 18.2 Å². The molecule has 6 heteroatoms. The van der Waals surface area contributed by atoms with Gasteiger partial charge in [0.25, 0.3) is 0 Å². The summed E-state index contributed by atoms with van der Waals surface area (Å²) in [7, 11) is -2.82. The van der Waals surface area contributed by atoms with Gasteiger partial charge in [0.15, 0.2) is 0 Å². The lowest BCUT2D eigenvalue weighted by molar-refractivity contribution is 0.594. The molecule has 0 aliphatic rings. The summed E-state index contributed by atoms with van der Waals surface area (Å²) in [6.07, 6.45) is 2.89. The van der Waals surface area contributed by atoms with Gasteiger partial charge in [0.05, 0.1) is 16.5 Å². The van der Waals surface area contributed by atoms with Crippen molar-refractivity contribution in [3.05, 3.63) is 16.1 Å². The molecule has 0 aliphatic heterocycles. The third-order valence-corrected chi connectivity index (χ3v) is 4.15. The van der Waals surface area contributed by atoms with Crippen LogP contribution in [0.2, 0.25) is 0 Å². The normalized spacial score (nSPS) is 11.9. The Labute approximate surface area is 101 Å². The summed E-state index contributed by atoms with van der Waals surface area (Å²) in [4.78, 5) is 4.41. The van der Waals surface area contributed by atoms with Crippen LogP contribution in [-0.2, 0) is 22.8 Å². The van der Waals surface area contributed by atoms with Crippen LogP contribution in [0.5, 0.6) is 0 Å². The molecule has 0 radical (unpaired) electrons. The summed E-state index contributed by atoms with van der Waals surface area (Å²) in [5.74, 6) is 0.247. The van der Waals surface area contributed by atoms with Gasteiger partial charge in [-0.05, 0) is 19.4 Å². The molecule has 0 spiro atoms. The second kappa shape index (κ2) is 6.32. The Bertz CT molecular complexity index is 412. The highest BCUT2D eigenvalue weighted by Crippen LogP contribution is 2.09. The van der Waals surface area contributed by atoms with E-state index in [1.807, 2.05) is 5.38 Å². The lowest BCUT2D eigenvalue weighted by Crippen LogP contribution is -2.18. The Balaban J connectivity index is 2.16. The van der Waals surface area contributed by atoms with Crippen molar-refractivity contribution in [2.75, 3.05) is 18.6 Å².